The maximum absolute atomic E-state index is 5.45. The number of nitrogens with zero attached hydrogens (tertiary/aromatic N) is 2. The number of ether oxygens (including phenoxy) is 1. The van der Waals surface area contributed by atoms with Crippen LogP contribution < -0.4 is 10.1 Å². The minimum Gasteiger partial charge on any atom is -0.477 e. The fourth-order valence-electron chi connectivity index (χ4n) is 0.937. The van der Waals surface area contributed by atoms with Gasteiger partial charge in [-0.2, -0.15) is 4.98 Å². The highest BCUT2D eigenvalue weighted by Crippen LogP contribution is 2.09. The number of rotatable bonds is 5. The summed E-state index contributed by atoms with van der Waals surface area (Å²) in [6.07, 6.45) is 4.32. The summed E-state index contributed by atoms with van der Waals surface area (Å²) in [4.78, 5) is 8.20. The van der Waals surface area contributed by atoms with Crippen LogP contribution in [0.1, 0.15) is 20.3 Å². The van der Waals surface area contributed by atoms with Gasteiger partial charge in [-0.05, 0) is 12.3 Å². The van der Waals surface area contributed by atoms with E-state index in [2.05, 4.69) is 29.1 Å². The standard InChI is InChI=1S/C10H17N3O/c1-8(2)4-5-14-10-7-12-6-9(11-3)13-10/h6-8H,4-5H2,1-3H3,(H,11,13). The molecule has 0 aromatic carbocycles. The molecular formula is C10H17N3O. The molecule has 1 heterocycles. The van der Waals surface area contributed by atoms with Gasteiger partial charge in [-0.15, -0.1) is 0 Å². The van der Waals surface area contributed by atoms with E-state index in [0.29, 0.717) is 18.4 Å². The quantitative estimate of drug-likeness (QED) is 0.780. The van der Waals surface area contributed by atoms with E-state index in [1.165, 1.54) is 0 Å². The second-order valence-electron chi connectivity index (χ2n) is 3.52. The van der Waals surface area contributed by atoms with Crippen LogP contribution in [0.25, 0.3) is 0 Å². The van der Waals surface area contributed by atoms with Gasteiger partial charge in [0.2, 0.25) is 5.88 Å². The topological polar surface area (TPSA) is 47.0 Å². The number of hydrogen-bond acceptors (Lipinski definition) is 4. The van der Waals surface area contributed by atoms with Crippen LogP contribution in [-0.4, -0.2) is 23.6 Å². The van der Waals surface area contributed by atoms with Crippen LogP contribution in [0.5, 0.6) is 5.88 Å². The molecule has 0 unspecified atom stereocenters. The number of nitrogens with one attached hydrogen (secondary N) is 1. The Bertz CT molecular complexity index is 276. The third-order valence-electron chi connectivity index (χ3n) is 1.81. The van der Waals surface area contributed by atoms with Crippen molar-refractivity contribution in [2.75, 3.05) is 19.0 Å². The highest BCUT2D eigenvalue weighted by Gasteiger charge is 1.99. The summed E-state index contributed by atoms with van der Waals surface area (Å²) in [6, 6.07) is 0. The van der Waals surface area contributed by atoms with Crippen molar-refractivity contribution in [1.29, 1.82) is 0 Å². The van der Waals surface area contributed by atoms with E-state index in [4.69, 9.17) is 4.74 Å². The Balaban J connectivity index is 2.42. The second kappa shape index (κ2) is 5.42. The molecule has 1 rings (SSSR count). The Hall–Kier alpha value is -1.32. The molecule has 0 radical (unpaired) electrons. The lowest BCUT2D eigenvalue weighted by atomic mass is 10.1. The molecule has 0 aliphatic heterocycles. The molecular weight excluding hydrogens is 178 g/mol. The molecule has 14 heavy (non-hydrogen) atoms. The van der Waals surface area contributed by atoms with E-state index in [1.807, 2.05) is 7.05 Å². The van der Waals surface area contributed by atoms with Crippen molar-refractivity contribution in [1.82, 2.24) is 9.97 Å². The van der Waals surface area contributed by atoms with Gasteiger partial charge in [-0.1, -0.05) is 13.8 Å². The molecule has 0 amide bonds. The van der Waals surface area contributed by atoms with Crippen LogP contribution in [0.15, 0.2) is 12.4 Å². The van der Waals surface area contributed by atoms with Crippen molar-refractivity contribution in [2.24, 2.45) is 5.92 Å². The Labute approximate surface area is 84.7 Å². The molecule has 1 aromatic rings. The predicted octanol–water partition coefficient (Wildman–Crippen LogP) is 1.94. The molecule has 78 valence electrons. The van der Waals surface area contributed by atoms with Crippen LogP contribution in [0.3, 0.4) is 0 Å². The van der Waals surface area contributed by atoms with Gasteiger partial charge in [0.25, 0.3) is 0 Å². The Morgan fingerprint density at radius 1 is 1.43 bits per heavy atom. The summed E-state index contributed by atoms with van der Waals surface area (Å²) in [5.41, 5.74) is 0. The van der Waals surface area contributed by atoms with Crippen LogP contribution in [0.2, 0.25) is 0 Å². The van der Waals surface area contributed by atoms with Crippen LogP contribution in [0, 0.1) is 5.92 Å². The highest BCUT2D eigenvalue weighted by molar-refractivity contribution is 5.31. The first-order chi connectivity index (χ1) is 6.72. The zero-order chi connectivity index (χ0) is 10.4. The van der Waals surface area contributed by atoms with E-state index < -0.39 is 0 Å². The maximum atomic E-state index is 5.45. The number of hydrogen-bond donors (Lipinski definition) is 1. The van der Waals surface area contributed by atoms with Crippen molar-refractivity contribution < 1.29 is 4.74 Å². The van der Waals surface area contributed by atoms with Gasteiger partial charge >= 0.3 is 0 Å². The first-order valence-corrected chi connectivity index (χ1v) is 4.85. The van der Waals surface area contributed by atoms with Gasteiger partial charge in [-0.25, -0.2) is 0 Å². The third-order valence-corrected chi connectivity index (χ3v) is 1.81. The number of anilines is 1. The zero-order valence-corrected chi connectivity index (χ0v) is 8.95. The van der Waals surface area contributed by atoms with Crippen molar-refractivity contribution in [3.05, 3.63) is 12.4 Å². The van der Waals surface area contributed by atoms with Crippen LogP contribution in [-0.2, 0) is 0 Å². The fourth-order valence-corrected chi connectivity index (χ4v) is 0.937. The van der Waals surface area contributed by atoms with Crippen molar-refractivity contribution in [2.45, 2.75) is 20.3 Å². The summed E-state index contributed by atoms with van der Waals surface area (Å²) in [7, 11) is 1.81. The molecule has 1 aromatic heterocycles. The lowest BCUT2D eigenvalue weighted by Gasteiger charge is -2.07. The molecule has 0 aliphatic carbocycles. The molecule has 0 saturated heterocycles. The van der Waals surface area contributed by atoms with E-state index in [1.54, 1.807) is 12.4 Å². The van der Waals surface area contributed by atoms with E-state index >= 15 is 0 Å². The average Bonchev–Trinajstić information content (AvgIpc) is 2.18. The molecule has 0 bridgehead atoms. The molecule has 0 aliphatic rings. The summed E-state index contributed by atoms with van der Waals surface area (Å²) >= 11 is 0. The molecule has 0 saturated carbocycles. The minimum atomic E-state index is 0.581. The van der Waals surface area contributed by atoms with Gasteiger partial charge < -0.3 is 10.1 Å². The van der Waals surface area contributed by atoms with E-state index in [0.717, 1.165) is 12.2 Å². The SMILES string of the molecule is CNc1cncc(OCCC(C)C)n1. The van der Waals surface area contributed by atoms with Crippen LogP contribution >= 0.6 is 0 Å². The normalized spacial score (nSPS) is 10.3. The van der Waals surface area contributed by atoms with Crippen molar-refractivity contribution in [3.63, 3.8) is 0 Å². The van der Waals surface area contributed by atoms with Gasteiger partial charge in [0, 0.05) is 7.05 Å². The Morgan fingerprint density at radius 2 is 2.21 bits per heavy atom. The molecule has 1 N–H and O–H groups in total. The van der Waals surface area contributed by atoms with E-state index in [-0.39, 0.29) is 0 Å². The smallest absolute Gasteiger partial charge is 0.234 e. The van der Waals surface area contributed by atoms with Gasteiger partial charge in [-0.3, -0.25) is 4.98 Å². The Morgan fingerprint density at radius 3 is 2.86 bits per heavy atom. The summed E-state index contributed by atoms with van der Waals surface area (Å²) in [5, 5.41) is 2.91. The maximum Gasteiger partial charge on any atom is 0.234 e. The molecule has 0 atom stereocenters. The summed E-state index contributed by atoms with van der Waals surface area (Å²) < 4.78 is 5.45. The van der Waals surface area contributed by atoms with Crippen molar-refractivity contribution >= 4 is 5.82 Å². The third kappa shape index (κ3) is 3.60. The summed E-state index contributed by atoms with van der Waals surface area (Å²) in [6.45, 7) is 5.03. The number of aromatic nitrogens is 2. The predicted molar refractivity (Wildman–Crippen MR) is 56.5 cm³/mol. The monoisotopic (exact) mass is 195 g/mol. The molecule has 0 spiro atoms. The lowest BCUT2D eigenvalue weighted by Crippen LogP contribution is -2.04. The van der Waals surface area contributed by atoms with Crippen molar-refractivity contribution in [3.8, 4) is 5.88 Å². The lowest BCUT2D eigenvalue weighted by molar-refractivity contribution is 0.278. The second-order valence-corrected chi connectivity index (χ2v) is 3.52. The zero-order valence-electron chi connectivity index (χ0n) is 8.95. The summed E-state index contributed by atoms with van der Waals surface area (Å²) in [5.74, 6) is 1.96. The van der Waals surface area contributed by atoms with Gasteiger partial charge in [0.15, 0.2) is 0 Å². The molecule has 4 heteroatoms. The van der Waals surface area contributed by atoms with Crippen LogP contribution in [0.4, 0.5) is 5.82 Å². The minimum absolute atomic E-state index is 0.581. The largest absolute Gasteiger partial charge is 0.477 e. The molecule has 4 nitrogen and oxygen atoms in total. The highest BCUT2D eigenvalue weighted by atomic mass is 16.5. The molecule has 0 fully saturated rings. The van der Waals surface area contributed by atoms with Gasteiger partial charge in [0.05, 0.1) is 19.0 Å². The average molecular weight is 195 g/mol. The first kappa shape index (κ1) is 10.8. The Kier molecular flexibility index (Phi) is 4.16. The van der Waals surface area contributed by atoms with Gasteiger partial charge in [0.1, 0.15) is 5.82 Å². The van der Waals surface area contributed by atoms with E-state index in [9.17, 15) is 0 Å². The first-order valence-electron chi connectivity index (χ1n) is 4.85. The fraction of sp³-hybridized carbons (Fsp3) is 0.600.